The Morgan fingerprint density at radius 2 is 1.61 bits per heavy atom. The lowest BCUT2D eigenvalue weighted by Gasteiger charge is -2.43. The summed E-state index contributed by atoms with van der Waals surface area (Å²) in [5.41, 5.74) is 3.22. The predicted octanol–water partition coefficient (Wildman–Crippen LogP) is 5.14. The summed E-state index contributed by atoms with van der Waals surface area (Å²) in [6.07, 6.45) is 4.57. The Kier molecular flexibility index (Phi) is 14.2. The zero-order chi connectivity index (χ0) is 46.5. The number of aromatic nitrogens is 2. The molecule has 1 aromatic heterocycles. The minimum Gasteiger partial charge on any atom is -0.494 e. The Bertz CT molecular complexity index is 2560. The molecule has 66 heavy (non-hydrogen) atoms. The molecule has 348 valence electrons. The van der Waals surface area contributed by atoms with Crippen LogP contribution in [0.3, 0.4) is 0 Å². The SMILES string of the molecule is COc1cc(N2CCC(N3CCN(C(=O)CCCNc4ccc5c(c4)C(=O)N(C4CCC(=O)NC4=O)C5=O)CC3)CC2)ccc1Nc1ncc(Cl)c(Nc2ccccc2P(=O)(OC)OC)n1. The largest absolute Gasteiger partial charge is 0.494 e. The summed E-state index contributed by atoms with van der Waals surface area (Å²) in [6.45, 7) is 5.22. The molecule has 4 N–H and O–H groups in total. The van der Waals surface area contributed by atoms with Crippen LogP contribution >= 0.6 is 19.2 Å². The number of nitrogens with zero attached hydrogens (tertiary/aromatic N) is 6. The van der Waals surface area contributed by atoms with Gasteiger partial charge in [-0.05, 0) is 68.1 Å². The van der Waals surface area contributed by atoms with Crippen molar-refractivity contribution < 1.29 is 42.3 Å². The van der Waals surface area contributed by atoms with Crippen molar-refractivity contribution >= 4 is 88.6 Å². The van der Waals surface area contributed by atoms with Gasteiger partial charge in [-0.1, -0.05) is 23.7 Å². The molecule has 3 aromatic carbocycles. The summed E-state index contributed by atoms with van der Waals surface area (Å²) >= 11 is 6.48. The first-order valence-electron chi connectivity index (χ1n) is 21.8. The number of piperidine rings is 2. The highest BCUT2D eigenvalue weighted by atomic mass is 35.5. The van der Waals surface area contributed by atoms with Crippen molar-refractivity contribution in [3.8, 4) is 5.75 Å². The van der Waals surface area contributed by atoms with Crippen molar-refractivity contribution in [3.05, 3.63) is 83.0 Å². The lowest BCUT2D eigenvalue weighted by Crippen LogP contribution is -2.54. The summed E-state index contributed by atoms with van der Waals surface area (Å²) in [7, 11) is 0.679. The van der Waals surface area contributed by atoms with Crippen LogP contribution in [0, 0.1) is 0 Å². The van der Waals surface area contributed by atoms with Crippen LogP contribution in [0.1, 0.15) is 59.2 Å². The van der Waals surface area contributed by atoms with E-state index >= 15 is 0 Å². The number of hydrogen-bond acceptors (Lipinski definition) is 16. The smallest absolute Gasteiger partial charge is 0.362 e. The van der Waals surface area contributed by atoms with Crippen LogP contribution in [0.4, 0.5) is 34.5 Å². The number of amides is 5. The highest BCUT2D eigenvalue weighted by Crippen LogP contribution is 2.47. The number of methoxy groups -OCH3 is 1. The normalized spacial score (nSPS) is 18.3. The van der Waals surface area contributed by atoms with Gasteiger partial charge in [0.25, 0.3) is 11.8 Å². The first-order valence-corrected chi connectivity index (χ1v) is 23.7. The van der Waals surface area contributed by atoms with Crippen LogP contribution in [0.5, 0.6) is 5.75 Å². The van der Waals surface area contributed by atoms with Gasteiger partial charge in [-0.3, -0.25) is 43.7 Å². The lowest BCUT2D eigenvalue weighted by atomic mass is 10.0. The third-order valence-electron chi connectivity index (χ3n) is 12.5. The predicted molar refractivity (Wildman–Crippen MR) is 249 cm³/mol. The minimum absolute atomic E-state index is 0.0592. The van der Waals surface area contributed by atoms with Crippen LogP contribution in [0.2, 0.25) is 5.02 Å². The van der Waals surface area contributed by atoms with Crippen molar-refractivity contribution in [2.75, 3.05) is 88.0 Å². The standard InChI is InChI=1S/C45H52ClN10O9P/c1-63-37-26-30(11-13-34(37)50-45-48-27-33(46)41(52-45)49-35-7-4-5-8-38(35)66(62,64-2)65-3)53-19-16-29(17-20-53)54-21-23-55(24-22-54)40(58)9-6-18-47-28-10-12-31-32(25-28)44(61)56(43(31)60)36-14-15-39(57)51-42(36)59/h4-5,7-8,10-13,25-27,29,36,47H,6,9,14-24H2,1-3H3,(H,51,57,59)(H2,48,49,50,52). The lowest BCUT2D eigenvalue weighted by molar-refractivity contribution is -0.136. The number of hydrogen-bond donors (Lipinski definition) is 4. The van der Waals surface area contributed by atoms with Crippen molar-refractivity contribution in [2.24, 2.45) is 0 Å². The molecule has 1 unspecified atom stereocenters. The monoisotopic (exact) mass is 942 g/mol. The van der Waals surface area contributed by atoms with E-state index in [0.717, 1.165) is 49.6 Å². The number of ether oxygens (including phenoxy) is 1. The molecular formula is C45H52ClN10O9P. The highest BCUT2D eigenvalue weighted by molar-refractivity contribution is 7.62. The Morgan fingerprint density at radius 3 is 2.33 bits per heavy atom. The maximum atomic E-state index is 13.2. The quantitative estimate of drug-likeness (QED) is 0.0650. The van der Waals surface area contributed by atoms with E-state index in [1.165, 1.54) is 20.4 Å². The van der Waals surface area contributed by atoms with Crippen LogP contribution < -0.4 is 36.2 Å². The van der Waals surface area contributed by atoms with E-state index in [9.17, 15) is 28.5 Å². The molecule has 8 rings (SSSR count). The third kappa shape index (κ3) is 9.85. The molecule has 0 saturated carbocycles. The van der Waals surface area contributed by atoms with Crippen LogP contribution in [0.25, 0.3) is 0 Å². The molecule has 3 fully saturated rings. The number of halogens is 1. The summed E-state index contributed by atoms with van der Waals surface area (Å²) in [5, 5.41) is 12.4. The fraction of sp³-hybridized carbons (Fsp3) is 0.400. The number of fused-ring (bicyclic) bond motifs is 1. The van der Waals surface area contributed by atoms with E-state index in [1.807, 2.05) is 23.1 Å². The van der Waals surface area contributed by atoms with Gasteiger partial charge in [-0.15, -0.1) is 0 Å². The number of benzene rings is 3. The molecule has 3 saturated heterocycles. The Morgan fingerprint density at radius 1 is 0.864 bits per heavy atom. The van der Waals surface area contributed by atoms with Crippen molar-refractivity contribution in [1.29, 1.82) is 0 Å². The van der Waals surface area contributed by atoms with E-state index < -0.39 is 37.3 Å². The van der Waals surface area contributed by atoms with Gasteiger partial charge in [0.05, 0.1) is 41.1 Å². The first-order chi connectivity index (χ1) is 31.9. The number of nitrogens with one attached hydrogen (secondary N) is 4. The first kappa shape index (κ1) is 46.4. The highest BCUT2D eigenvalue weighted by Gasteiger charge is 2.44. The molecule has 0 aliphatic carbocycles. The van der Waals surface area contributed by atoms with Gasteiger partial charge in [0.15, 0.2) is 5.82 Å². The molecular weight excluding hydrogens is 891 g/mol. The zero-order valence-corrected chi connectivity index (χ0v) is 38.5. The average Bonchev–Trinajstić information content (AvgIpc) is 3.58. The number of para-hydroxylation sites is 1. The van der Waals surface area contributed by atoms with Crippen molar-refractivity contribution in [1.82, 2.24) is 30.0 Å². The summed E-state index contributed by atoms with van der Waals surface area (Å²) < 4.78 is 29.4. The number of carbonyl (C=O) groups is 5. The molecule has 0 spiro atoms. The van der Waals surface area contributed by atoms with Crippen LogP contribution in [0.15, 0.2) is 66.9 Å². The molecule has 5 heterocycles. The molecule has 5 amide bonds. The molecule has 1 atom stereocenters. The molecule has 19 nitrogen and oxygen atoms in total. The number of anilines is 6. The molecule has 21 heteroatoms. The van der Waals surface area contributed by atoms with Crippen molar-refractivity contribution in [3.63, 3.8) is 0 Å². The van der Waals surface area contributed by atoms with E-state index in [4.69, 9.17) is 25.4 Å². The molecule has 4 aliphatic heterocycles. The van der Waals surface area contributed by atoms with E-state index in [-0.39, 0.29) is 46.7 Å². The zero-order valence-electron chi connectivity index (χ0n) is 36.9. The maximum absolute atomic E-state index is 13.2. The molecule has 4 aromatic rings. The van der Waals surface area contributed by atoms with E-state index in [0.29, 0.717) is 66.6 Å². The van der Waals surface area contributed by atoms with Crippen LogP contribution in [-0.2, 0) is 28.0 Å². The van der Waals surface area contributed by atoms with Gasteiger partial charge in [0.2, 0.25) is 23.7 Å². The number of piperazine rings is 1. The summed E-state index contributed by atoms with van der Waals surface area (Å²) in [5.74, 6) is -0.900. The second kappa shape index (κ2) is 20.2. The Labute approximate surface area is 387 Å². The number of rotatable bonds is 16. The van der Waals surface area contributed by atoms with Gasteiger partial charge in [-0.2, -0.15) is 4.98 Å². The number of imide groups is 2. The Balaban J connectivity index is 0.776. The van der Waals surface area contributed by atoms with Gasteiger partial charge >= 0.3 is 7.60 Å². The fourth-order valence-electron chi connectivity index (χ4n) is 8.87. The summed E-state index contributed by atoms with van der Waals surface area (Å²) in [4.78, 5) is 80.0. The molecule has 0 radical (unpaired) electrons. The van der Waals surface area contributed by atoms with Gasteiger partial charge in [-0.25, -0.2) is 4.98 Å². The summed E-state index contributed by atoms with van der Waals surface area (Å²) in [6, 6.07) is 17.1. The Hall–Kier alpha value is -6.11. The molecule has 4 aliphatic rings. The minimum atomic E-state index is -3.58. The average molecular weight is 943 g/mol. The van der Waals surface area contributed by atoms with Crippen molar-refractivity contribution in [2.45, 2.75) is 50.6 Å². The second-order valence-electron chi connectivity index (χ2n) is 16.3. The van der Waals surface area contributed by atoms with Crippen LogP contribution in [-0.4, -0.2) is 133 Å². The molecule has 0 bridgehead atoms. The van der Waals surface area contributed by atoms with Gasteiger partial charge in [0, 0.05) is 96.4 Å². The van der Waals surface area contributed by atoms with Gasteiger partial charge in [0.1, 0.15) is 16.8 Å². The van der Waals surface area contributed by atoms with E-state index in [1.54, 1.807) is 49.6 Å². The van der Waals surface area contributed by atoms with E-state index in [2.05, 4.69) is 41.0 Å². The fourth-order valence-corrected chi connectivity index (χ4v) is 10.2. The third-order valence-corrected chi connectivity index (χ3v) is 14.7. The maximum Gasteiger partial charge on any atom is 0.362 e. The van der Waals surface area contributed by atoms with Gasteiger partial charge < -0.3 is 39.5 Å². The number of carbonyl (C=O) groups excluding carboxylic acids is 5. The second-order valence-corrected chi connectivity index (χ2v) is 18.9. The topological polar surface area (TPSA) is 217 Å².